The molecule has 388 valence electrons. The number of nitrogens with two attached hydrogens (primary N) is 1. The van der Waals surface area contributed by atoms with E-state index in [2.05, 4.69) is 119 Å². The maximum Gasteiger partial charge on any atom is 0.130 e. The smallest absolute Gasteiger partial charge is 0.130 e. The van der Waals surface area contributed by atoms with Gasteiger partial charge in [-0.15, -0.1) is 6.58 Å². The van der Waals surface area contributed by atoms with Crippen LogP contribution in [0.15, 0.2) is 116 Å². The lowest BCUT2D eigenvalue weighted by Crippen LogP contribution is -2.24. The van der Waals surface area contributed by atoms with Gasteiger partial charge in [0, 0.05) is 42.5 Å². The molecular formula is C60H86N4O4S3. The zero-order valence-electron chi connectivity index (χ0n) is 42.5. The van der Waals surface area contributed by atoms with Crippen LogP contribution in [0.25, 0.3) is 5.57 Å². The van der Waals surface area contributed by atoms with Crippen LogP contribution in [0.1, 0.15) is 131 Å². The summed E-state index contributed by atoms with van der Waals surface area (Å²) in [4.78, 5) is 10.9. The van der Waals surface area contributed by atoms with Crippen LogP contribution in [0.4, 0.5) is 5.82 Å². The number of nitrogen functional groups attached to an aromatic ring is 1. The summed E-state index contributed by atoms with van der Waals surface area (Å²) < 4.78 is 0. The molecule has 6 N–H and O–H groups in total. The third-order valence-electron chi connectivity index (χ3n) is 15.0. The van der Waals surface area contributed by atoms with Crippen LogP contribution in [0, 0.1) is 23.7 Å². The highest BCUT2D eigenvalue weighted by molar-refractivity contribution is 7.98. The Morgan fingerprint density at radius 2 is 1.01 bits per heavy atom. The number of hydrogen-bond acceptors (Lipinski definition) is 11. The molecule has 4 aromatic rings. The number of likely N-dealkylation sites (tertiary alicyclic amines) is 1. The van der Waals surface area contributed by atoms with Gasteiger partial charge in [-0.05, 0) is 153 Å². The van der Waals surface area contributed by atoms with Gasteiger partial charge in [0.1, 0.15) is 12.1 Å². The standard InChI is InChI=1S/C22H28N4OS.2C15H22OS.C8H14O/c23-22-19-9-8-18(21(19)24-15-25-22)12-26-11-17(20(27)13-26)7-4-10-28-14-16-5-2-1-3-6-16;2*16-15-10-4-8-14(15)9-5-11-17-12-13-6-2-1-3-7-13;1-2-4-7-5-3-6-8(7)9/h1-3,5-6,8,15,17,20,27H,4,7,9-14H2,(H2,23,24,25);2*1-3,6-7,14-16H,4-5,8-12H2;2,7-9H,1,3-6H2/t17-,20-;2*14-,15+;7-,8-/m0110/s1. The topological polar surface area (TPSA) is 136 Å². The van der Waals surface area contributed by atoms with Gasteiger partial charge in [0.15, 0.2) is 0 Å². The molecule has 8 nitrogen and oxygen atoms in total. The molecule has 3 saturated carbocycles. The van der Waals surface area contributed by atoms with Crippen molar-refractivity contribution in [2.24, 2.45) is 23.7 Å². The molecule has 0 unspecified atom stereocenters. The Morgan fingerprint density at radius 3 is 1.45 bits per heavy atom. The predicted molar refractivity (Wildman–Crippen MR) is 304 cm³/mol. The highest BCUT2D eigenvalue weighted by Crippen LogP contribution is 2.33. The monoisotopic (exact) mass is 1020 g/mol. The molecule has 11 heteroatoms. The maximum absolute atomic E-state index is 10.5. The normalized spacial score (nSPS) is 24.5. The number of aliphatic hydroxyl groups is 4. The largest absolute Gasteiger partial charge is 0.393 e. The fourth-order valence-electron chi connectivity index (χ4n) is 10.8. The summed E-state index contributed by atoms with van der Waals surface area (Å²) in [6, 6.07) is 31.9. The maximum atomic E-state index is 10.5. The molecule has 3 aromatic carbocycles. The van der Waals surface area contributed by atoms with Crippen molar-refractivity contribution in [1.82, 2.24) is 14.9 Å². The first-order chi connectivity index (χ1) is 34.8. The molecule has 8 atom stereocenters. The Labute approximate surface area is 440 Å². The molecule has 1 aromatic heterocycles. The molecule has 9 rings (SSSR count). The van der Waals surface area contributed by atoms with Crippen LogP contribution in [0.5, 0.6) is 0 Å². The fourth-order valence-corrected chi connectivity index (χ4v) is 13.6. The summed E-state index contributed by atoms with van der Waals surface area (Å²) in [5.74, 6) is 9.55. The second-order valence-electron chi connectivity index (χ2n) is 20.4. The zero-order chi connectivity index (χ0) is 49.9. The number of rotatable bonds is 22. The van der Waals surface area contributed by atoms with Gasteiger partial charge in [0.2, 0.25) is 0 Å². The van der Waals surface area contributed by atoms with Crippen molar-refractivity contribution in [2.45, 2.75) is 151 Å². The van der Waals surface area contributed by atoms with Gasteiger partial charge in [-0.1, -0.05) is 122 Å². The molecule has 71 heavy (non-hydrogen) atoms. The number of thioether (sulfide) groups is 3. The average Bonchev–Trinajstić information content (AvgIpc) is 4.25. The van der Waals surface area contributed by atoms with Gasteiger partial charge in [-0.3, -0.25) is 4.90 Å². The quantitative estimate of drug-likeness (QED) is 0.0380. The Balaban J connectivity index is 0.000000166. The highest BCUT2D eigenvalue weighted by Gasteiger charge is 2.32. The number of hydrogen-bond donors (Lipinski definition) is 5. The minimum atomic E-state index is -0.226. The van der Waals surface area contributed by atoms with Crippen LogP contribution < -0.4 is 5.73 Å². The molecule has 4 fully saturated rings. The van der Waals surface area contributed by atoms with E-state index in [0.717, 1.165) is 98.8 Å². The van der Waals surface area contributed by atoms with E-state index >= 15 is 0 Å². The van der Waals surface area contributed by atoms with Gasteiger partial charge < -0.3 is 26.2 Å². The SMILES string of the molecule is C=CC[C@H]1CCC[C@@H]1O.Nc1ncnc2c1CC=C2CN1C[C@H](CCCSCc2ccccc2)[C@@H](O)C1.O[C@H]1CCC[C@@H]1CCCSCc1ccccc1.O[C@H]1CCC[C@@H]1CCCSCc1ccccc1. The number of β-amino-alcohol motifs (C(OH)–C–C–N with tert-alkyl or cyclic N) is 1. The fraction of sp³-hybridized carbons (Fsp3) is 0.567. The molecular weight excluding hydrogens is 937 g/mol. The van der Waals surface area contributed by atoms with E-state index in [0.29, 0.717) is 29.5 Å². The van der Waals surface area contributed by atoms with Crippen molar-refractivity contribution in [3.05, 3.63) is 144 Å². The summed E-state index contributed by atoms with van der Waals surface area (Å²) in [7, 11) is 0. The number of benzene rings is 3. The van der Waals surface area contributed by atoms with Crippen molar-refractivity contribution < 1.29 is 20.4 Å². The average molecular weight is 1020 g/mol. The lowest BCUT2D eigenvalue weighted by molar-refractivity contribution is 0.127. The van der Waals surface area contributed by atoms with Gasteiger partial charge in [0.05, 0.1) is 30.1 Å². The highest BCUT2D eigenvalue weighted by atomic mass is 32.2. The first-order valence-corrected chi connectivity index (χ1v) is 30.4. The molecule has 1 aliphatic heterocycles. The number of fused-ring (bicyclic) bond motifs is 1. The Kier molecular flexibility index (Phi) is 26.5. The van der Waals surface area contributed by atoms with Crippen molar-refractivity contribution in [3.63, 3.8) is 0 Å². The van der Waals surface area contributed by atoms with Crippen molar-refractivity contribution in [2.75, 3.05) is 42.6 Å². The Hall–Kier alpha value is -3.13. The van der Waals surface area contributed by atoms with Crippen LogP contribution in [0.2, 0.25) is 0 Å². The molecule has 5 aliphatic rings. The van der Waals surface area contributed by atoms with Crippen LogP contribution in [-0.2, 0) is 23.7 Å². The molecule has 2 heterocycles. The third kappa shape index (κ3) is 20.6. The molecule has 0 amide bonds. The van der Waals surface area contributed by atoms with E-state index in [4.69, 9.17) is 5.73 Å². The van der Waals surface area contributed by atoms with E-state index in [1.54, 1.807) is 6.33 Å². The molecule has 4 aliphatic carbocycles. The van der Waals surface area contributed by atoms with Crippen molar-refractivity contribution in [1.29, 1.82) is 0 Å². The van der Waals surface area contributed by atoms with Gasteiger partial charge in [0.25, 0.3) is 0 Å². The zero-order valence-corrected chi connectivity index (χ0v) is 45.0. The van der Waals surface area contributed by atoms with Crippen molar-refractivity contribution in [3.8, 4) is 0 Å². The molecule has 0 radical (unpaired) electrons. The van der Waals surface area contributed by atoms with E-state index < -0.39 is 0 Å². The van der Waals surface area contributed by atoms with Crippen molar-refractivity contribution >= 4 is 46.7 Å². The number of nitrogens with zero attached hydrogens (tertiary/aromatic N) is 3. The summed E-state index contributed by atoms with van der Waals surface area (Å²) >= 11 is 6.00. The number of aliphatic hydroxyl groups excluding tert-OH is 4. The van der Waals surface area contributed by atoms with Gasteiger partial charge in [-0.2, -0.15) is 35.3 Å². The number of anilines is 1. The van der Waals surface area contributed by atoms with Gasteiger partial charge >= 0.3 is 0 Å². The number of allylic oxidation sites excluding steroid dienone is 2. The third-order valence-corrected chi connectivity index (χ3v) is 18.3. The van der Waals surface area contributed by atoms with E-state index in [-0.39, 0.29) is 24.4 Å². The summed E-state index contributed by atoms with van der Waals surface area (Å²) in [5.41, 5.74) is 13.4. The lowest BCUT2D eigenvalue weighted by Gasteiger charge is -2.17. The second-order valence-corrected chi connectivity index (χ2v) is 23.7. The van der Waals surface area contributed by atoms with E-state index in [1.165, 1.54) is 98.0 Å². The second kappa shape index (κ2) is 32.9. The summed E-state index contributed by atoms with van der Waals surface area (Å²) in [5, 5.41) is 39.2. The Morgan fingerprint density at radius 1 is 0.563 bits per heavy atom. The lowest BCUT2D eigenvalue weighted by atomic mass is 10.0. The van der Waals surface area contributed by atoms with Crippen LogP contribution in [-0.4, -0.2) is 96.6 Å². The first-order valence-electron chi connectivity index (χ1n) is 27.0. The first kappa shape index (κ1) is 57.2. The molecule has 0 bridgehead atoms. The summed E-state index contributed by atoms with van der Waals surface area (Å²) in [6.45, 7) is 6.18. The number of aromatic nitrogens is 2. The van der Waals surface area contributed by atoms with E-state index in [1.807, 2.05) is 41.4 Å². The minimum absolute atomic E-state index is 0.00544. The molecule has 1 saturated heterocycles. The predicted octanol–water partition coefficient (Wildman–Crippen LogP) is 12.5. The van der Waals surface area contributed by atoms with Crippen LogP contribution >= 0.6 is 35.3 Å². The van der Waals surface area contributed by atoms with Gasteiger partial charge in [-0.25, -0.2) is 9.97 Å². The van der Waals surface area contributed by atoms with Crippen LogP contribution in [0.3, 0.4) is 0 Å². The minimum Gasteiger partial charge on any atom is -0.393 e. The molecule has 0 spiro atoms. The summed E-state index contributed by atoms with van der Waals surface area (Å²) in [6.07, 6.45) is 24.7. The Bertz CT molecular complexity index is 2020. The van der Waals surface area contributed by atoms with E-state index in [9.17, 15) is 20.4 Å².